The second kappa shape index (κ2) is 8.90. The van der Waals surface area contributed by atoms with Crippen molar-refractivity contribution in [2.45, 2.75) is 25.3 Å². The van der Waals surface area contributed by atoms with Crippen LogP contribution in [0.25, 0.3) is 10.9 Å². The second-order valence-electron chi connectivity index (χ2n) is 7.60. The summed E-state index contributed by atoms with van der Waals surface area (Å²) < 4.78 is 27.8. The third kappa shape index (κ3) is 4.69. The Hall–Kier alpha value is -3.55. The minimum absolute atomic E-state index is 0.129. The first-order valence-electron chi connectivity index (χ1n) is 10.1. The van der Waals surface area contributed by atoms with Gasteiger partial charge in [-0.05, 0) is 66.9 Å². The number of nitrogens with one attached hydrogen (secondary N) is 2. The Morgan fingerprint density at radius 1 is 0.906 bits per heavy atom. The SMILES string of the molecule is Cc1ccc(S(=O)(=O)NCc2ccc(C(=O)Nc3cccc4cccnc34)cc2)cc1C. The summed E-state index contributed by atoms with van der Waals surface area (Å²) in [6, 6.07) is 21.3. The van der Waals surface area contributed by atoms with Gasteiger partial charge >= 0.3 is 0 Å². The van der Waals surface area contributed by atoms with Gasteiger partial charge in [-0.25, -0.2) is 13.1 Å². The number of aryl methyl sites for hydroxylation is 2. The number of benzene rings is 3. The van der Waals surface area contributed by atoms with Gasteiger partial charge in [0.05, 0.1) is 16.1 Å². The molecule has 0 radical (unpaired) electrons. The monoisotopic (exact) mass is 445 g/mol. The molecule has 1 aromatic heterocycles. The van der Waals surface area contributed by atoms with E-state index < -0.39 is 10.0 Å². The highest BCUT2D eigenvalue weighted by atomic mass is 32.2. The summed E-state index contributed by atoms with van der Waals surface area (Å²) in [5.41, 5.74) is 4.54. The zero-order chi connectivity index (χ0) is 22.7. The molecule has 0 spiro atoms. The van der Waals surface area contributed by atoms with Crippen molar-refractivity contribution in [3.05, 3.63) is 101 Å². The molecule has 0 saturated heterocycles. The Morgan fingerprint density at radius 3 is 2.41 bits per heavy atom. The molecule has 0 atom stereocenters. The highest BCUT2D eigenvalue weighted by Gasteiger charge is 2.15. The second-order valence-corrected chi connectivity index (χ2v) is 9.37. The van der Waals surface area contributed by atoms with E-state index in [0.29, 0.717) is 11.3 Å². The smallest absolute Gasteiger partial charge is 0.255 e. The van der Waals surface area contributed by atoms with Crippen molar-refractivity contribution in [2.75, 3.05) is 5.32 Å². The molecule has 1 heterocycles. The minimum Gasteiger partial charge on any atom is -0.320 e. The van der Waals surface area contributed by atoms with Crippen molar-refractivity contribution in [2.24, 2.45) is 0 Å². The number of hydrogen-bond acceptors (Lipinski definition) is 4. The maximum Gasteiger partial charge on any atom is 0.255 e. The molecular formula is C25H23N3O3S. The predicted molar refractivity (Wildman–Crippen MR) is 126 cm³/mol. The zero-order valence-corrected chi connectivity index (χ0v) is 18.6. The number of amides is 1. The van der Waals surface area contributed by atoms with E-state index in [1.807, 2.05) is 44.2 Å². The molecule has 6 nitrogen and oxygen atoms in total. The van der Waals surface area contributed by atoms with Gasteiger partial charge in [-0.2, -0.15) is 0 Å². The number of para-hydroxylation sites is 1. The maximum absolute atomic E-state index is 12.7. The highest BCUT2D eigenvalue weighted by Crippen LogP contribution is 2.21. The normalized spacial score (nSPS) is 11.4. The number of fused-ring (bicyclic) bond motifs is 1. The van der Waals surface area contributed by atoms with Gasteiger partial charge in [-0.15, -0.1) is 0 Å². The third-order valence-electron chi connectivity index (χ3n) is 5.35. The fourth-order valence-electron chi connectivity index (χ4n) is 3.32. The number of nitrogens with zero attached hydrogens (tertiary/aromatic N) is 1. The van der Waals surface area contributed by atoms with Crippen LogP contribution in [0.3, 0.4) is 0 Å². The lowest BCUT2D eigenvalue weighted by Gasteiger charge is -2.10. The fourth-order valence-corrected chi connectivity index (χ4v) is 4.42. The Morgan fingerprint density at radius 2 is 1.66 bits per heavy atom. The van der Waals surface area contributed by atoms with E-state index in [1.165, 1.54) is 0 Å². The number of carbonyl (C=O) groups is 1. The molecule has 0 aliphatic rings. The first-order chi connectivity index (χ1) is 15.3. The maximum atomic E-state index is 12.7. The van der Waals surface area contributed by atoms with E-state index in [1.54, 1.807) is 48.7 Å². The number of pyridine rings is 1. The molecule has 0 unspecified atom stereocenters. The van der Waals surface area contributed by atoms with Crippen LogP contribution in [0.1, 0.15) is 27.0 Å². The Labute approximate surface area is 187 Å². The number of rotatable bonds is 6. The molecular weight excluding hydrogens is 422 g/mol. The van der Waals surface area contributed by atoms with Crippen LogP contribution in [-0.2, 0) is 16.6 Å². The molecule has 7 heteroatoms. The summed E-state index contributed by atoms with van der Waals surface area (Å²) in [4.78, 5) is 17.3. The highest BCUT2D eigenvalue weighted by molar-refractivity contribution is 7.89. The van der Waals surface area contributed by atoms with Crippen molar-refractivity contribution in [1.29, 1.82) is 0 Å². The lowest BCUT2D eigenvalue weighted by atomic mass is 10.1. The molecule has 4 aromatic rings. The van der Waals surface area contributed by atoms with E-state index >= 15 is 0 Å². The average Bonchev–Trinajstić information content (AvgIpc) is 2.80. The molecule has 3 aromatic carbocycles. The molecule has 162 valence electrons. The van der Waals surface area contributed by atoms with Crippen LogP contribution in [0, 0.1) is 13.8 Å². The van der Waals surface area contributed by atoms with Gasteiger partial charge in [0.2, 0.25) is 10.0 Å². The van der Waals surface area contributed by atoms with Gasteiger partial charge in [-0.3, -0.25) is 9.78 Å². The summed E-state index contributed by atoms with van der Waals surface area (Å²) in [5.74, 6) is -0.259. The molecule has 1 amide bonds. The minimum atomic E-state index is -3.62. The first-order valence-corrected chi connectivity index (χ1v) is 11.6. The zero-order valence-electron chi connectivity index (χ0n) is 17.8. The Balaban J connectivity index is 1.43. The Bertz CT molecular complexity index is 1390. The van der Waals surface area contributed by atoms with Crippen LogP contribution in [0.2, 0.25) is 0 Å². The van der Waals surface area contributed by atoms with Gasteiger partial charge in [0.15, 0.2) is 0 Å². The average molecular weight is 446 g/mol. The number of anilines is 1. The standard InChI is InChI=1S/C25H23N3O3S/c1-17-8-13-22(15-18(17)2)32(30,31)27-16-19-9-11-21(12-10-19)25(29)28-23-7-3-5-20-6-4-14-26-24(20)23/h3-15,27H,16H2,1-2H3,(H,28,29). The lowest BCUT2D eigenvalue weighted by Crippen LogP contribution is -2.23. The van der Waals surface area contributed by atoms with Crippen molar-refractivity contribution in [3.8, 4) is 0 Å². The number of aromatic nitrogens is 1. The van der Waals surface area contributed by atoms with Crippen LogP contribution in [0.5, 0.6) is 0 Å². The van der Waals surface area contributed by atoms with Crippen molar-refractivity contribution in [1.82, 2.24) is 9.71 Å². The number of hydrogen-bond donors (Lipinski definition) is 2. The lowest BCUT2D eigenvalue weighted by molar-refractivity contribution is 0.102. The third-order valence-corrected chi connectivity index (χ3v) is 6.75. The van der Waals surface area contributed by atoms with Gasteiger partial charge in [-0.1, -0.05) is 36.4 Å². The first kappa shape index (κ1) is 21.7. The van der Waals surface area contributed by atoms with Gasteiger partial charge in [0.25, 0.3) is 5.91 Å². The molecule has 32 heavy (non-hydrogen) atoms. The quantitative estimate of drug-likeness (QED) is 0.455. The molecule has 0 bridgehead atoms. The summed E-state index contributed by atoms with van der Waals surface area (Å²) >= 11 is 0. The van der Waals surface area contributed by atoms with Gasteiger partial charge in [0.1, 0.15) is 0 Å². The van der Waals surface area contributed by atoms with Crippen LogP contribution in [0.4, 0.5) is 5.69 Å². The van der Waals surface area contributed by atoms with E-state index in [-0.39, 0.29) is 17.3 Å². The van der Waals surface area contributed by atoms with E-state index in [2.05, 4.69) is 15.0 Å². The molecule has 0 aliphatic carbocycles. The van der Waals surface area contributed by atoms with Crippen molar-refractivity contribution < 1.29 is 13.2 Å². The summed E-state index contributed by atoms with van der Waals surface area (Å²) in [5, 5.41) is 3.84. The van der Waals surface area contributed by atoms with Gasteiger partial charge < -0.3 is 5.32 Å². The molecule has 0 aliphatic heterocycles. The topological polar surface area (TPSA) is 88.2 Å². The number of sulfonamides is 1. The van der Waals surface area contributed by atoms with Crippen molar-refractivity contribution >= 4 is 32.5 Å². The van der Waals surface area contributed by atoms with E-state index in [9.17, 15) is 13.2 Å². The Kier molecular flexibility index (Phi) is 6.03. The van der Waals surface area contributed by atoms with Crippen LogP contribution in [-0.4, -0.2) is 19.3 Å². The van der Waals surface area contributed by atoms with Gasteiger partial charge in [0, 0.05) is 23.7 Å². The summed E-state index contributed by atoms with van der Waals surface area (Å²) in [7, 11) is -3.62. The van der Waals surface area contributed by atoms with Crippen molar-refractivity contribution in [3.63, 3.8) is 0 Å². The number of carbonyl (C=O) groups excluding carboxylic acids is 1. The summed E-state index contributed by atoms with van der Waals surface area (Å²) in [6.45, 7) is 3.95. The predicted octanol–water partition coefficient (Wildman–Crippen LogP) is 4.58. The largest absolute Gasteiger partial charge is 0.320 e. The van der Waals surface area contributed by atoms with Crippen LogP contribution >= 0.6 is 0 Å². The molecule has 4 rings (SSSR count). The summed E-state index contributed by atoms with van der Waals surface area (Å²) in [6.07, 6.45) is 1.69. The van der Waals surface area contributed by atoms with E-state index in [4.69, 9.17) is 0 Å². The van der Waals surface area contributed by atoms with Crippen LogP contribution in [0.15, 0.2) is 83.9 Å². The fraction of sp³-hybridized carbons (Fsp3) is 0.120. The molecule has 2 N–H and O–H groups in total. The molecule has 0 fully saturated rings. The molecule has 0 saturated carbocycles. The van der Waals surface area contributed by atoms with E-state index in [0.717, 1.165) is 27.6 Å². The van der Waals surface area contributed by atoms with Crippen LogP contribution < -0.4 is 10.0 Å².